The van der Waals surface area contributed by atoms with Gasteiger partial charge in [0.15, 0.2) is 5.78 Å². The van der Waals surface area contributed by atoms with E-state index in [4.69, 9.17) is 16.3 Å². The molecule has 1 aliphatic rings. The molecule has 3 aromatic carbocycles. The molecule has 0 unspecified atom stereocenters. The maximum atomic E-state index is 14.4. The molecule has 0 radical (unpaired) electrons. The molecule has 10 heteroatoms. The highest BCUT2D eigenvalue weighted by Crippen LogP contribution is 2.28. The molecule has 1 N–H and O–H groups in total. The molecule has 0 bridgehead atoms. The van der Waals surface area contributed by atoms with Gasteiger partial charge < -0.3 is 19.5 Å². The second-order valence-corrected chi connectivity index (χ2v) is 10.4. The number of alkyl halides is 1. The Bertz CT molecular complexity index is 1610. The van der Waals surface area contributed by atoms with Crippen LogP contribution in [0.4, 0.5) is 8.78 Å². The number of halogens is 3. The van der Waals surface area contributed by atoms with E-state index >= 15 is 0 Å². The highest BCUT2D eigenvalue weighted by Gasteiger charge is 2.39. The Morgan fingerprint density at radius 3 is 2.61 bits per heavy atom. The van der Waals surface area contributed by atoms with Crippen LogP contribution in [-0.4, -0.2) is 45.8 Å². The van der Waals surface area contributed by atoms with Gasteiger partial charge in [0.1, 0.15) is 36.9 Å². The summed E-state index contributed by atoms with van der Waals surface area (Å²) >= 11 is 5.81. The fourth-order valence-electron chi connectivity index (χ4n) is 5.05. The maximum absolute atomic E-state index is 14.4. The standard InChI is InChI=1S/C31H28ClF2N3O4/c1-19(38)25-16-36(27-11-10-23(13-24(25)27)41-18-20-6-3-2-4-7-20)17-29(39)37-15-22(33)12-28(37)31(40)35-14-21-8-5-9-26(32)30(21)34/h2-11,13,16,22,28H,12,14-15,17-18H2,1H3,(H,35,40)/t22-,28+/m1/s1. The predicted octanol–water partition coefficient (Wildman–Crippen LogP) is 5.47. The highest BCUT2D eigenvalue weighted by molar-refractivity contribution is 6.30. The van der Waals surface area contributed by atoms with Crippen LogP contribution >= 0.6 is 11.6 Å². The van der Waals surface area contributed by atoms with E-state index < -0.39 is 29.8 Å². The number of fused-ring (bicyclic) bond motifs is 1. The SMILES string of the molecule is CC(=O)c1cn(CC(=O)N2C[C@H](F)C[C@H]2C(=O)NCc2cccc(Cl)c2F)c2ccc(OCc3ccccc3)cc12. The summed E-state index contributed by atoms with van der Waals surface area (Å²) in [5, 5.41) is 3.14. The third-order valence-electron chi connectivity index (χ3n) is 7.14. The van der Waals surface area contributed by atoms with Gasteiger partial charge in [-0.25, -0.2) is 8.78 Å². The van der Waals surface area contributed by atoms with E-state index in [9.17, 15) is 23.2 Å². The minimum atomic E-state index is -1.38. The zero-order valence-corrected chi connectivity index (χ0v) is 23.0. The van der Waals surface area contributed by atoms with Crippen molar-refractivity contribution in [3.63, 3.8) is 0 Å². The fraction of sp³-hybridized carbons (Fsp3) is 0.258. The largest absolute Gasteiger partial charge is 0.489 e. The number of carbonyl (C=O) groups excluding carboxylic acids is 3. The third kappa shape index (κ3) is 6.25. The average molecular weight is 580 g/mol. The van der Waals surface area contributed by atoms with E-state index in [1.54, 1.807) is 35.0 Å². The van der Waals surface area contributed by atoms with Gasteiger partial charge in [0.05, 0.1) is 11.6 Å². The van der Waals surface area contributed by atoms with Crippen LogP contribution in [0.25, 0.3) is 10.9 Å². The number of benzene rings is 3. The molecule has 1 saturated heterocycles. The average Bonchev–Trinajstić information content (AvgIpc) is 3.53. The number of hydrogen-bond donors (Lipinski definition) is 1. The summed E-state index contributed by atoms with van der Waals surface area (Å²) in [4.78, 5) is 39.9. The van der Waals surface area contributed by atoms with Gasteiger partial charge in [-0.2, -0.15) is 0 Å². The molecular weight excluding hydrogens is 552 g/mol. The predicted molar refractivity (Wildman–Crippen MR) is 151 cm³/mol. The first-order valence-corrected chi connectivity index (χ1v) is 13.5. The first-order valence-electron chi connectivity index (χ1n) is 13.2. The molecule has 212 valence electrons. The van der Waals surface area contributed by atoms with Crippen LogP contribution in [0.1, 0.15) is 34.8 Å². The number of carbonyl (C=O) groups is 3. The summed E-state index contributed by atoms with van der Waals surface area (Å²) in [6.07, 6.45) is 0.0467. The number of likely N-dealkylation sites (tertiary alicyclic amines) is 1. The molecule has 2 heterocycles. The molecule has 0 spiro atoms. The van der Waals surface area contributed by atoms with E-state index in [-0.39, 0.29) is 42.4 Å². The molecule has 1 aromatic heterocycles. The van der Waals surface area contributed by atoms with Crippen molar-refractivity contribution in [3.8, 4) is 5.75 Å². The Hall–Kier alpha value is -4.24. The fourth-order valence-corrected chi connectivity index (χ4v) is 5.24. The van der Waals surface area contributed by atoms with Crippen molar-refractivity contribution in [2.24, 2.45) is 0 Å². The van der Waals surface area contributed by atoms with Gasteiger partial charge in [0.2, 0.25) is 11.8 Å². The zero-order chi connectivity index (χ0) is 29.1. The van der Waals surface area contributed by atoms with Gasteiger partial charge in [-0.1, -0.05) is 54.1 Å². The lowest BCUT2D eigenvalue weighted by molar-refractivity contribution is -0.139. The van der Waals surface area contributed by atoms with E-state index in [1.165, 1.54) is 24.0 Å². The second kappa shape index (κ2) is 12.1. The topological polar surface area (TPSA) is 80.6 Å². The molecule has 5 rings (SSSR count). The van der Waals surface area contributed by atoms with Crippen LogP contribution in [0.3, 0.4) is 0 Å². The Balaban J connectivity index is 1.31. The molecule has 4 aromatic rings. The lowest BCUT2D eigenvalue weighted by Crippen LogP contribution is -2.46. The third-order valence-corrected chi connectivity index (χ3v) is 7.44. The normalized spacial score (nSPS) is 16.6. The molecular formula is C31H28ClF2N3O4. The summed E-state index contributed by atoms with van der Waals surface area (Å²) in [6, 6.07) is 18.3. The van der Waals surface area contributed by atoms with Crippen LogP contribution in [0.2, 0.25) is 5.02 Å². The van der Waals surface area contributed by atoms with E-state index in [0.29, 0.717) is 28.8 Å². The Labute approximate surface area is 240 Å². The quantitative estimate of drug-likeness (QED) is 0.267. The lowest BCUT2D eigenvalue weighted by Gasteiger charge is -2.24. The monoisotopic (exact) mass is 579 g/mol. The van der Waals surface area contributed by atoms with Gasteiger partial charge >= 0.3 is 0 Å². The lowest BCUT2D eigenvalue weighted by atomic mass is 10.1. The number of nitrogens with zero attached hydrogens (tertiary/aromatic N) is 2. The molecule has 41 heavy (non-hydrogen) atoms. The first-order chi connectivity index (χ1) is 19.7. The van der Waals surface area contributed by atoms with Crippen LogP contribution in [0.15, 0.2) is 72.9 Å². The van der Waals surface area contributed by atoms with Crippen LogP contribution < -0.4 is 10.1 Å². The zero-order valence-electron chi connectivity index (χ0n) is 22.3. The van der Waals surface area contributed by atoms with Crippen LogP contribution in [0.5, 0.6) is 5.75 Å². The van der Waals surface area contributed by atoms with Crippen molar-refractivity contribution in [3.05, 3.63) is 100 Å². The Morgan fingerprint density at radius 2 is 1.85 bits per heavy atom. The number of nitrogens with one attached hydrogen (secondary N) is 1. The molecule has 0 aliphatic carbocycles. The number of ether oxygens (including phenoxy) is 1. The van der Waals surface area contributed by atoms with Gasteiger partial charge in [-0.15, -0.1) is 0 Å². The number of aromatic nitrogens is 1. The number of ketones is 1. The minimum absolute atomic E-state index is 0.0722. The van der Waals surface area contributed by atoms with Crippen molar-refractivity contribution in [1.29, 1.82) is 0 Å². The molecule has 0 saturated carbocycles. The van der Waals surface area contributed by atoms with Crippen LogP contribution in [0, 0.1) is 5.82 Å². The molecule has 1 aliphatic heterocycles. The summed E-state index contributed by atoms with van der Waals surface area (Å²) in [6.45, 7) is 1.20. The van der Waals surface area contributed by atoms with Gasteiger partial charge in [-0.05, 0) is 36.8 Å². The Morgan fingerprint density at radius 1 is 1.07 bits per heavy atom. The number of Topliss-reactive ketones (excluding diaryl/α,β-unsaturated/α-hetero) is 1. The molecule has 7 nitrogen and oxygen atoms in total. The van der Waals surface area contributed by atoms with Crippen LogP contribution in [-0.2, 0) is 29.3 Å². The van der Waals surface area contributed by atoms with Crippen molar-refractivity contribution < 1.29 is 27.9 Å². The van der Waals surface area contributed by atoms with E-state index in [0.717, 1.165) is 5.56 Å². The summed E-state index contributed by atoms with van der Waals surface area (Å²) in [5.41, 5.74) is 2.22. The van der Waals surface area contributed by atoms with Gasteiger partial charge in [-0.3, -0.25) is 14.4 Å². The molecule has 2 amide bonds. The summed E-state index contributed by atoms with van der Waals surface area (Å²) in [7, 11) is 0. The number of rotatable bonds is 9. The van der Waals surface area contributed by atoms with Crippen molar-refractivity contribution >= 4 is 40.1 Å². The van der Waals surface area contributed by atoms with E-state index in [2.05, 4.69) is 5.32 Å². The Kier molecular flexibility index (Phi) is 8.35. The summed E-state index contributed by atoms with van der Waals surface area (Å²) < 4.78 is 36.2. The second-order valence-electron chi connectivity index (χ2n) is 10.0. The smallest absolute Gasteiger partial charge is 0.243 e. The van der Waals surface area contributed by atoms with Gasteiger partial charge in [0, 0.05) is 41.2 Å². The van der Waals surface area contributed by atoms with Gasteiger partial charge in [0.25, 0.3) is 0 Å². The number of amides is 2. The van der Waals surface area contributed by atoms with Crippen molar-refractivity contribution in [2.45, 2.75) is 45.3 Å². The molecule has 1 fully saturated rings. The maximum Gasteiger partial charge on any atom is 0.243 e. The minimum Gasteiger partial charge on any atom is -0.489 e. The number of hydrogen-bond acceptors (Lipinski definition) is 4. The van der Waals surface area contributed by atoms with E-state index in [1.807, 2.05) is 30.3 Å². The van der Waals surface area contributed by atoms with Crippen molar-refractivity contribution in [2.75, 3.05) is 6.54 Å². The summed E-state index contributed by atoms with van der Waals surface area (Å²) in [5.74, 6) is -1.32. The van der Waals surface area contributed by atoms with Crippen molar-refractivity contribution in [1.82, 2.24) is 14.8 Å². The first kappa shape index (κ1) is 28.3. The highest BCUT2D eigenvalue weighted by atomic mass is 35.5. The molecule has 2 atom stereocenters.